The molecule has 2 aromatic carbocycles. The molecule has 0 aliphatic heterocycles. The second-order valence-corrected chi connectivity index (χ2v) is 4.44. The minimum atomic E-state index is -0.579. The fraction of sp³-hybridized carbons (Fsp3) is 0.188. The maximum atomic E-state index is 13.5. The number of nitriles is 1. The number of nitrogens with zero attached hydrogens (tertiary/aromatic N) is 1. The molecule has 0 saturated carbocycles. The van der Waals surface area contributed by atoms with Gasteiger partial charge in [0.2, 0.25) is 0 Å². The third-order valence-corrected chi connectivity index (χ3v) is 3.09. The Labute approximate surface area is 117 Å². The van der Waals surface area contributed by atoms with E-state index in [4.69, 9.17) is 10.00 Å². The zero-order valence-electron chi connectivity index (χ0n) is 11.4. The topological polar surface area (TPSA) is 45.0 Å². The molecular formula is C16H15FN2O. The fourth-order valence-electron chi connectivity index (χ4n) is 1.80. The van der Waals surface area contributed by atoms with Gasteiger partial charge in [-0.1, -0.05) is 12.1 Å². The van der Waals surface area contributed by atoms with E-state index >= 15 is 0 Å². The van der Waals surface area contributed by atoms with Crippen molar-refractivity contribution < 1.29 is 9.13 Å². The first kappa shape index (κ1) is 14.0. The lowest BCUT2D eigenvalue weighted by Gasteiger charge is -2.12. The van der Waals surface area contributed by atoms with Gasteiger partial charge >= 0.3 is 0 Å². The van der Waals surface area contributed by atoms with E-state index in [1.54, 1.807) is 12.1 Å². The Morgan fingerprint density at radius 1 is 1.20 bits per heavy atom. The lowest BCUT2D eigenvalue weighted by atomic mass is 10.1. The van der Waals surface area contributed by atoms with Gasteiger partial charge in [0.25, 0.3) is 0 Å². The molecule has 2 aromatic rings. The summed E-state index contributed by atoms with van der Waals surface area (Å²) in [6.45, 7) is 2.04. The van der Waals surface area contributed by atoms with Crippen LogP contribution in [0.5, 0.6) is 11.5 Å². The fourth-order valence-corrected chi connectivity index (χ4v) is 1.80. The molecule has 0 amide bonds. The Hall–Kier alpha value is -2.38. The van der Waals surface area contributed by atoms with Crippen LogP contribution >= 0.6 is 0 Å². The van der Waals surface area contributed by atoms with Gasteiger partial charge in [0.15, 0.2) is 0 Å². The van der Waals surface area contributed by atoms with Crippen LogP contribution in [0.4, 0.5) is 4.39 Å². The molecule has 102 valence electrons. The maximum absolute atomic E-state index is 13.5. The van der Waals surface area contributed by atoms with E-state index < -0.39 is 5.82 Å². The largest absolute Gasteiger partial charge is 0.457 e. The Kier molecular flexibility index (Phi) is 4.34. The molecule has 3 nitrogen and oxygen atoms in total. The van der Waals surface area contributed by atoms with Crippen LogP contribution < -0.4 is 10.1 Å². The molecule has 0 radical (unpaired) electrons. The minimum Gasteiger partial charge on any atom is -0.457 e. The van der Waals surface area contributed by atoms with Gasteiger partial charge in [-0.2, -0.15) is 5.26 Å². The van der Waals surface area contributed by atoms with E-state index in [2.05, 4.69) is 5.32 Å². The van der Waals surface area contributed by atoms with Crippen LogP contribution in [-0.2, 0) is 0 Å². The van der Waals surface area contributed by atoms with Crippen molar-refractivity contribution in [2.45, 2.75) is 13.0 Å². The third kappa shape index (κ3) is 3.14. The second kappa shape index (κ2) is 6.18. The molecule has 0 fully saturated rings. The van der Waals surface area contributed by atoms with Crippen LogP contribution in [0.25, 0.3) is 0 Å². The number of hydrogen-bond donors (Lipinski definition) is 1. The van der Waals surface area contributed by atoms with Crippen molar-refractivity contribution in [1.82, 2.24) is 5.32 Å². The van der Waals surface area contributed by atoms with E-state index in [0.29, 0.717) is 11.5 Å². The average Bonchev–Trinajstić information content (AvgIpc) is 2.47. The van der Waals surface area contributed by atoms with Crippen molar-refractivity contribution in [2.24, 2.45) is 0 Å². The molecule has 20 heavy (non-hydrogen) atoms. The molecule has 1 N–H and O–H groups in total. The Bertz CT molecular complexity index is 649. The summed E-state index contributed by atoms with van der Waals surface area (Å²) in [5.74, 6) is 0.425. The number of nitrogens with one attached hydrogen (secondary N) is 1. The second-order valence-electron chi connectivity index (χ2n) is 4.44. The van der Waals surface area contributed by atoms with Crippen LogP contribution in [0.2, 0.25) is 0 Å². The number of hydrogen-bond acceptors (Lipinski definition) is 3. The molecule has 0 saturated heterocycles. The third-order valence-electron chi connectivity index (χ3n) is 3.09. The molecule has 1 unspecified atom stereocenters. The molecule has 0 heterocycles. The Balaban J connectivity index is 2.22. The van der Waals surface area contributed by atoms with Gasteiger partial charge in [-0.15, -0.1) is 0 Å². The normalized spacial score (nSPS) is 11.7. The highest BCUT2D eigenvalue weighted by molar-refractivity contribution is 5.39. The van der Waals surface area contributed by atoms with Crippen molar-refractivity contribution in [3.05, 3.63) is 59.4 Å². The van der Waals surface area contributed by atoms with Gasteiger partial charge in [0.1, 0.15) is 23.4 Å². The van der Waals surface area contributed by atoms with Gasteiger partial charge in [-0.25, -0.2) is 4.39 Å². The van der Waals surface area contributed by atoms with Crippen molar-refractivity contribution in [1.29, 1.82) is 5.26 Å². The molecule has 0 spiro atoms. The highest BCUT2D eigenvalue weighted by Gasteiger charge is 2.07. The monoisotopic (exact) mass is 270 g/mol. The number of halogens is 1. The smallest absolute Gasteiger partial charge is 0.144 e. The van der Waals surface area contributed by atoms with Crippen LogP contribution in [0.3, 0.4) is 0 Å². The van der Waals surface area contributed by atoms with E-state index in [0.717, 1.165) is 5.56 Å². The molecule has 0 aromatic heterocycles. The SMILES string of the molecule is CNC(C)c1cccc(Oc2ccc(C#N)c(F)c2)c1. The highest BCUT2D eigenvalue weighted by atomic mass is 19.1. The number of rotatable bonds is 4. The maximum Gasteiger partial charge on any atom is 0.144 e. The summed E-state index contributed by atoms with van der Waals surface area (Å²) < 4.78 is 19.1. The van der Waals surface area contributed by atoms with Gasteiger partial charge in [0.05, 0.1) is 5.56 Å². The summed E-state index contributed by atoms with van der Waals surface area (Å²) in [6, 6.07) is 13.8. The van der Waals surface area contributed by atoms with Crippen molar-refractivity contribution >= 4 is 0 Å². The first-order valence-electron chi connectivity index (χ1n) is 6.28. The van der Waals surface area contributed by atoms with Gasteiger partial charge < -0.3 is 10.1 Å². The highest BCUT2D eigenvalue weighted by Crippen LogP contribution is 2.25. The van der Waals surface area contributed by atoms with E-state index in [1.807, 2.05) is 38.2 Å². The van der Waals surface area contributed by atoms with Gasteiger partial charge in [-0.3, -0.25) is 0 Å². The predicted molar refractivity (Wildman–Crippen MR) is 75.1 cm³/mol. The van der Waals surface area contributed by atoms with Crippen molar-refractivity contribution in [2.75, 3.05) is 7.05 Å². The summed E-state index contributed by atoms with van der Waals surface area (Å²) in [5.41, 5.74) is 1.09. The first-order valence-corrected chi connectivity index (χ1v) is 6.28. The van der Waals surface area contributed by atoms with E-state index in [1.165, 1.54) is 12.1 Å². The molecule has 0 aliphatic carbocycles. The lowest BCUT2D eigenvalue weighted by molar-refractivity contribution is 0.474. The Morgan fingerprint density at radius 2 is 1.95 bits per heavy atom. The van der Waals surface area contributed by atoms with Crippen LogP contribution in [0.15, 0.2) is 42.5 Å². The Morgan fingerprint density at radius 3 is 2.60 bits per heavy atom. The predicted octanol–water partition coefficient (Wildman–Crippen LogP) is 3.77. The molecule has 4 heteroatoms. The number of ether oxygens (including phenoxy) is 1. The van der Waals surface area contributed by atoms with Crippen LogP contribution in [0.1, 0.15) is 24.1 Å². The van der Waals surface area contributed by atoms with E-state index in [9.17, 15) is 4.39 Å². The quantitative estimate of drug-likeness (QED) is 0.919. The first-order chi connectivity index (χ1) is 9.63. The van der Waals surface area contributed by atoms with Gasteiger partial charge in [0, 0.05) is 12.1 Å². The molecule has 2 rings (SSSR count). The van der Waals surface area contributed by atoms with Crippen molar-refractivity contribution in [3.63, 3.8) is 0 Å². The summed E-state index contributed by atoms with van der Waals surface area (Å²) in [7, 11) is 1.88. The van der Waals surface area contributed by atoms with Crippen LogP contribution in [0, 0.1) is 17.1 Å². The van der Waals surface area contributed by atoms with Gasteiger partial charge in [-0.05, 0) is 43.8 Å². The minimum absolute atomic E-state index is 0.00917. The lowest BCUT2D eigenvalue weighted by Crippen LogP contribution is -2.11. The standard InChI is InChI=1S/C16H15FN2O/c1-11(19-2)12-4-3-5-14(8-12)20-15-7-6-13(10-18)16(17)9-15/h3-9,11,19H,1-2H3. The van der Waals surface area contributed by atoms with Crippen LogP contribution in [-0.4, -0.2) is 7.05 Å². The number of benzene rings is 2. The zero-order valence-corrected chi connectivity index (χ0v) is 11.4. The summed E-state index contributed by atoms with van der Waals surface area (Å²) in [4.78, 5) is 0. The molecule has 1 atom stereocenters. The summed E-state index contributed by atoms with van der Waals surface area (Å²) >= 11 is 0. The van der Waals surface area contributed by atoms with Crippen molar-refractivity contribution in [3.8, 4) is 17.6 Å². The van der Waals surface area contributed by atoms with E-state index in [-0.39, 0.29) is 11.6 Å². The summed E-state index contributed by atoms with van der Waals surface area (Å²) in [5, 5.41) is 11.8. The zero-order chi connectivity index (χ0) is 14.5. The molecular weight excluding hydrogens is 255 g/mol. The molecule has 0 bridgehead atoms. The molecule has 0 aliphatic rings. The average molecular weight is 270 g/mol. The summed E-state index contributed by atoms with van der Waals surface area (Å²) in [6.07, 6.45) is 0.